The van der Waals surface area contributed by atoms with Crippen molar-refractivity contribution in [2.75, 3.05) is 13.7 Å². The number of thiocarbonyl (C=S) groups is 1. The van der Waals surface area contributed by atoms with Crippen molar-refractivity contribution >= 4 is 17.3 Å². The second-order valence-corrected chi connectivity index (χ2v) is 4.12. The van der Waals surface area contributed by atoms with Gasteiger partial charge in [-0.1, -0.05) is 12.1 Å². The maximum atomic E-state index is 12.2. The molecule has 1 aromatic carbocycles. The van der Waals surface area contributed by atoms with Crippen LogP contribution in [-0.4, -0.2) is 25.4 Å². The molecule has 0 saturated heterocycles. The zero-order chi connectivity index (χ0) is 15.0. The summed E-state index contributed by atoms with van der Waals surface area (Å²) in [5.74, 6) is 0.244. The van der Waals surface area contributed by atoms with Crippen molar-refractivity contribution in [2.45, 2.75) is 13.2 Å². The van der Waals surface area contributed by atoms with E-state index in [0.717, 1.165) is 5.56 Å². The third-order valence-electron chi connectivity index (χ3n) is 2.30. The minimum absolute atomic E-state index is 0.00129. The lowest BCUT2D eigenvalue weighted by molar-refractivity contribution is -0.0512. The molecule has 0 saturated carbocycles. The molecular formula is C13H16F2N2O2S. The van der Waals surface area contributed by atoms with E-state index in [9.17, 15) is 8.78 Å². The summed E-state index contributed by atoms with van der Waals surface area (Å²) in [5.41, 5.74) is 0.825. The fourth-order valence-electron chi connectivity index (χ4n) is 1.43. The molecule has 0 aliphatic heterocycles. The highest BCUT2D eigenvalue weighted by Crippen LogP contribution is 2.29. The van der Waals surface area contributed by atoms with E-state index in [2.05, 4.69) is 21.9 Å². The first-order valence-electron chi connectivity index (χ1n) is 5.81. The van der Waals surface area contributed by atoms with Crippen LogP contribution in [0.5, 0.6) is 11.5 Å². The van der Waals surface area contributed by atoms with E-state index in [0.29, 0.717) is 18.2 Å². The highest BCUT2D eigenvalue weighted by Gasteiger charge is 2.11. The number of alkyl halides is 2. The highest BCUT2D eigenvalue weighted by molar-refractivity contribution is 7.80. The Balaban J connectivity index is 2.63. The van der Waals surface area contributed by atoms with Crippen molar-refractivity contribution in [3.8, 4) is 11.5 Å². The van der Waals surface area contributed by atoms with Gasteiger partial charge in [0.1, 0.15) is 0 Å². The third-order valence-corrected chi connectivity index (χ3v) is 2.59. The fourth-order valence-corrected chi connectivity index (χ4v) is 1.58. The summed E-state index contributed by atoms with van der Waals surface area (Å²) in [5, 5.41) is 6.37. The van der Waals surface area contributed by atoms with Gasteiger partial charge in [0.05, 0.1) is 7.11 Å². The molecule has 0 heterocycles. The average molecular weight is 302 g/mol. The van der Waals surface area contributed by atoms with Crippen molar-refractivity contribution in [1.29, 1.82) is 0 Å². The smallest absolute Gasteiger partial charge is 0.387 e. The van der Waals surface area contributed by atoms with Crippen molar-refractivity contribution in [2.24, 2.45) is 0 Å². The van der Waals surface area contributed by atoms with Crippen molar-refractivity contribution < 1.29 is 18.3 Å². The van der Waals surface area contributed by atoms with Gasteiger partial charge in [-0.05, 0) is 29.9 Å². The van der Waals surface area contributed by atoms with Gasteiger partial charge in [0.15, 0.2) is 16.6 Å². The van der Waals surface area contributed by atoms with Gasteiger partial charge in [0, 0.05) is 13.1 Å². The van der Waals surface area contributed by atoms with Gasteiger partial charge < -0.3 is 20.1 Å². The number of hydrogen-bond acceptors (Lipinski definition) is 3. The van der Waals surface area contributed by atoms with E-state index < -0.39 is 6.61 Å². The molecule has 0 bridgehead atoms. The molecule has 0 aliphatic rings. The molecule has 1 aromatic rings. The molecule has 2 N–H and O–H groups in total. The summed E-state index contributed by atoms with van der Waals surface area (Å²) in [6, 6.07) is 4.70. The molecule has 0 radical (unpaired) electrons. The summed E-state index contributed by atoms with van der Waals surface area (Å²) < 4.78 is 33.7. The Hall–Kier alpha value is -1.89. The molecular weight excluding hydrogens is 286 g/mol. The largest absolute Gasteiger partial charge is 0.493 e. The van der Waals surface area contributed by atoms with Crippen LogP contribution in [0, 0.1) is 0 Å². The molecule has 0 fully saturated rings. The maximum Gasteiger partial charge on any atom is 0.387 e. The predicted octanol–water partition coefficient (Wildman–Crippen LogP) is 2.45. The van der Waals surface area contributed by atoms with Crippen LogP contribution in [0.3, 0.4) is 0 Å². The van der Waals surface area contributed by atoms with E-state index in [1.807, 2.05) is 0 Å². The van der Waals surface area contributed by atoms with Crippen LogP contribution >= 0.6 is 12.2 Å². The topological polar surface area (TPSA) is 42.5 Å². The molecule has 0 atom stereocenters. The van der Waals surface area contributed by atoms with Gasteiger partial charge in [-0.25, -0.2) is 0 Å². The molecule has 0 aromatic heterocycles. The molecule has 4 nitrogen and oxygen atoms in total. The number of methoxy groups -OCH3 is 1. The Kier molecular flexibility index (Phi) is 6.72. The van der Waals surface area contributed by atoms with Gasteiger partial charge in [0.25, 0.3) is 0 Å². The number of halogens is 2. The minimum atomic E-state index is -2.89. The van der Waals surface area contributed by atoms with Crippen molar-refractivity contribution in [3.63, 3.8) is 0 Å². The van der Waals surface area contributed by atoms with Gasteiger partial charge in [-0.15, -0.1) is 6.58 Å². The van der Waals surface area contributed by atoms with Crippen LogP contribution in [0.25, 0.3) is 0 Å². The first kappa shape index (κ1) is 16.2. The lowest BCUT2D eigenvalue weighted by Gasteiger charge is -2.13. The van der Waals surface area contributed by atoms with Crippen LogP contribution in [0.15, 0.2) is 30.9 Å². The van der Waals surface area contributed by atoms with Crippen LogP contribution < -0.4 is 20.1 Å². The lowest BCUT2D eigenvalue weighted by Crippen LogP contribution is -2.34. The Morgan fingerprint density at radius 2 is 2.15 bits per heavy atom. The molecule has 0 unspecified atom stereocenters. The van der Waals surface area contributed by atoms with Crippen molar-refractivity contribution in [1.82, 2.24) is 10.6 Å². The molecule has 110 valence electrons. The second-order valence-electron chi connectivity index (χ2n) is 3.72. The molecule has 0 spiro atoms. The normalized spacial score (nSPS) is 10.0. The van der Waals surface area contributed by atoms with Gasteiger partial charge >= 0.3 is 6.61 Å². The Bertz CT molecular complexity index is 470. The van der Waals surface area contributed by atoms with E-state index in [-0.39, 0.29) is 11.5 Å². The summed E-state index contributed by atoms with van der Waals surface area (Å²) in [4.78, 5) is 0. The number of ether oxygens (including phenoxy) is 2. The SMILES string of the molecule is C=CCNC(=S)NCc1ccc(OC(F)F)c(OC)c1. The molecule has 7 heteroatoms. The molecule has 0 amide bonds. The average Bonchev–Trinajstić information content (AvgIpc) is 2.43. The summed E-state index contributed by atoms with van der Waals surface area (Å²) in [6.45, 7) is 1.68. The molecule has 1 rings (SSSR count). The predicted molar refractivity (Wildman–Crippen MR) is 77.3 cm³/mol. The van der Waals surface area contributed by atoms with Crippen LogP contribution in [-0.2, 0) is 6.54 Å². The van der Waals surface area contributed by atoms with E-state index >= 15 is 0 Å². The number of benzene rings is 1. The third kappa shape index (κ3) is 5.40. The fraction of sp³-hybridized carbons (Fsp3) is 0.308. The van der Waals surface area contributed by atoms with Crippen LogP contribution in [0.1, 0.15) is 5.56 Å². The second kappa shape index (κ2) is 8.31. The summed E-state index contributed by atoms with van der Waals surface area (Å²) >= 11 is 5.04. The zero-order valence-corrected chi connectivity index (χ0v) is 11.8. The number of rotatable bonds is 7. The van der Waals surface area contributed by atoms with E-state index in [1.165, 1.54) is 13.2 Å². The molecule has 0 aliphatic carbocycles. The van der Waals surface area contributed by atoms with Crippen LogP contribution in [0.4, 0.5) is 8.78 Å². The Labute approximate surface area is 121 Å². The first-order chi connectivity index (χ1) is 9.56. The van der Waals surface area contributed by atoms with Gasteiger partial charge in [-0.2, -0.15) is 8.78 Å². The molecule has 20 heavy (non-hydrogen) atoms. The maximum absolute atomic E-state index is 12.2. The Morgan fingerprint density at radius 3 is 2.75 bits per heavy atom. The monoisotopic (exact) mass is 302 g/mol. The van der Waals surface area contributed by atoms with Gasteiger partial charge in [0.2, 0.25) is 0 Å². The quantitative estimate of drug-likeness (QED) is 0.598. The zero-order valence-electron chi connectivity index (χ0n) is 11.0. The highest BCUT2D eigenvalue weighted by atomic mass is 32.1. The standard InChI is InChI=1S/C13H16F2N2O2S/c1-3-6-16-13(20)17-8-9-4-5-10(19-12(14)15)11(7-9)18-2/h3-5,7,12H,1,6,8H2,2H3,(H2,16,17,20). The summed E-state index contributed by atoms with van der Waals surface area (Å²) in [6.07, 6.45) is 1.69. The number of hydrogen-bond donors (Lipinski definition) is 2. The number of nitrogens with one attached hydrogen (secondary N) is 2. The first-order valence-corrected chi connectivity index (χ1v) is 6.22. The summed E-state index contributed by atoms with van der Waals surface area (Å²) in [7, 11) is 1.39. The minimum Gasteiger partial charge on any atom is -0.493 e. The van der Waals surface area contributed by atoms with Crippen molar-refractivity contribution in [3.05, 3.63) is 36.4 Å². The van der Waals surface area contributed by atoms with Gasteiger partial charge in [-0.3, -0.25) is 0 Å². The Morgan fingerprint density at radius 1 is 1.40 bits per heavy atom. The lowest BCUT2D eigenvalue weighted by atomic mass is 10.2. The van der Waals surface area contributed by atoms with E-state index in [4.69, 9.17) is 17.0 Å². The van der Waals surface area contributed by atoms with E-state index in [1.54, 1.807) is 18.2 Å². The van der Waals surface area contributed by atoms with Crippen LogP contribution in [0.2, 0.25) is 0 Å².